The van der Waals surface area contributed by atoms with Crippen molar-refractivity contribution in [2.24, 2.45) is 0 Å². The van der Waals surface area contributed by atoms with Crippen molar-refractivity contribution in [1.29, 1.82) is 0 Å². The molecule has 1 atom stereocenters. The van der Waals surface area contributed by atoms with E-state index in [1.165, 1.54) is 6.92 Å². The summed E-state index contributed by atoms with van der Waals surface area (Å²) in [5.41, 5.74) is -1.35. The number of ether oxygens (including phenoxy) is 1. The summed E-state index contributed by atoms with van der Waals surface area (Å²) in [6, 6.07) is 0. The lowest BCUT2D eigenvalue weighted by atomic mass is 10.0. The second kappa shape index (κ2) is 5.13. The van der Waals surface area contributed by atoms with Gasteiger partial charge in [-0.25, -0.2) is 0 Å². The second-order valence-electron chi connectivity index (χ2n) is 4.35. The van der Waals surface area contributed by atoms with Gasteiger partial charge >= 0.3 is 12.1 Å². The van der Waals surface area contributed by atoms with Crippen molar-refractivity contribution < 1.29 is 32.6 Å². The van der Waals surface area contributed by atoms with Crippen molar-refractivity contribution >= 4 is 11.9 Å². The van der Waals surface area contributed by atoms with Crippen molar-refractivity contribution in [3.8, 4) is 0 Å². The maximum absolute atomic E-state index is 12.3. The molecule has 1 aliphatic heterocycles. The minimum atomic E-state index is -4.64. The first kappa shape index (κ1) is 14.7. The number of amides is 1. The molecule has 0 spiro atoms. The zero-order valence-corrected chi connectivity index (χ0v) is 9.79. The van der Waals surface area contributed by atoms with Crippen LogP contribution in [-0.2, 0) is 14.3 Å². The van der Waals surface area contributed by atoms with Crippen LogP contribution >= 0.6 is 0 Å². The van der Waals surface area contributed by atoms with Crippen LogP contribution in [0.25, 0.3) is 0 Å². The van der Waals surface area contributed by atoms with E-state index in [0.29, 0.717) is 12.8 Å². The number of halogens is 3. The van der Waals surface area contributed by atoms with Gasteiger partial charge < -0.3 is 14.7 Å². The predicted molar refractivity (Wildman–Crippen MR) is 53.9 cm³/mol. The summed E-state index contributed by atoms with van der Waals surface area (Å²) in [4.78, 5) is 22.7. The van der Waals surface area contributed by atoms with E-state index in [4.69, 9.17) is 9.84 Å². The van der Waals surface area contributed by atoms with Crippen LogP contribution in [0.4, 0.5) is 13.2 Å². The molecule has 8 heteroatoms. The molecule has 0 aromatic rings. The molecular formula is C10H14F3NO4. The Balaban J connectivity index is 2.81. The molecule has 0 radical (unpaired) electrons. The predicted octanol–water partition coefficient (Wildman–Crippen LogP) is 1.03. The largest absolute Gasteiger partial charge is 0.480 e. The van der Waals surface area contributed by atoms with Crippen LogP contribution in [-0.4, -0.2) is 53.4 Å². The lowest BCUT2D eigenvalue weighted by molar-refractivity contribution is -0.176. The van der Waals surface area contributed by atoms with Gasteiger partial charge in [-0.15, -0.1) is 0 Å². The normalized spacial score (nSPS) is 24.0. The summed E-state index contributed by atoms with van der Waals surface area (Å²) in [6.07, 6.45) is -3.78. The molecular weight excluding hydrogens is 255 g/mol. The van der Waals surface area contributed by atoms with E-state index in [-0.39, 0.29) is 11.5 Å². The molecule has 0 aliphatic carbocycles. The molecule has 1 amide bonds. The highest BCUT2D eigenvalue weighted by Crippen LogP contribution is 2.28. The Hall–Kier alpha value is -1.31. The highest BCUT2D eigenvalue weighted by atomic mass is 19.4. The van der Waals surface area contributed by atoms with Crippen LogP contribution in [0.2, 0.25) is 0 Å². The molecule has 104 valence electrons. The lowest BCUT2D eigenvalue weighted by Crippen LogP contribution is -2.51. The van der Waals surface area contributed by atoms with Gasteiger partial charge in [0.25, 0.3) is 5.91 Å². The SMILES string of the molecule is CC1(C(=O)N(CC(=O)O)CC(F)(F)F)CCCO1. The Morgan fingerprint density at radius 2 is 2.06 bits per heavy atom. The first-order valence-corrected chi connectivity index (χ1v) is 5.36. The summed E-state index contributed by atoms with van der Waals surface area (Å²) in [7, 11) is 0. The molecule has 1 N–H and O–H groups in total. The third-order valence-corrected chi connectivity index (χ3v) is 2.65. The first-order valence-electron chi connectivity index (χ1n) is 5.36. The van der Waals surface area contributed by atoms with E-state index >= 15 is 0 Å². The summed E-state index contributed by atoms with van der Waals surface area (Å²) in [6.45, 7) is -0.906. The van der Waals surface area contributed by atoms with E-state index in [1.807, 2.05) is 0 Å². The third kappa shape index (κ3) is 3.86. The highest BCUT2D eigenvalue weighted by molar-refractivity contribution is 5.88. The van der Waals surface area contributed by atoms with Gasteiger partial charge in [0.2, 0.25) is 0 Å². The van der Waals surface area contributed by atoms with E-state index in [2.05, 4.69) is 0 Å². The summed E-state index contributed by atoms with van der Waals surface area (Å²) in [5.74, 6) is -2.42. The highest BCUT2D eigenvalue weighted by Gasteiger charge is 2.44. The average molecular weight is 269 g/mol. The number of hydrogen-bond donors (Lipinski definition) is 1. The van der Waals surface area contributed by atoms with Crippen LogP contribution in [0.3, 0.4) is 0 Å². The number of nitrogens with zero attached hydrogens (tertiary/aromatic N) is 1. The summed E-state index contributed by atoms with van der Waals surface area (Å²) >= 11 is 0. The number of rotatable bonds is 4. The Bertz CT molecular complexity index is 337. The standard InChI is InChI=1S/C10H14F3NO4/c1-9(3-2-4-18-9)8(17)14(5-7(15)16)6-10(11,12)13/h2-6H2,1H3,(H,15,16). The Labute approximate surface area is 102 Å². The molecule has 0 saturated carbocycles. The van der Waals surface area contributed by atoms with Crippen LogP contribution < -0.4 is 0 Å². The van der Waals surface area contributed by atoms with E-state index < -0.39 is 36.7 Å². The molecule has 1 saturated heterocycles. The molecule has 1 rings (SSSR count). The molecule has 1 unspecified atom stereocenters. The molecule has 1 aliphatic rings. The molecule has 1 heterocycles. The Morgan fingerprint density at radius 3 is 2.44 bits per heavy atom. The number of hydrogen-bond acceptors (Lipinski definition) is 3. The molecule has 1 fully saturated rings. The molecule has 0 aromatic carbocycles. The van der Waals surface area contributed by atoms with Gasteiger partial charge in [0.15, 0.2) is 0 Å². The maximum Gasteiger partial charge on any atom is 0.406 e. The molecule has 0 aromatic heterocycles. The van der Waals surface area contributed by atoms with E-state index in [1.54, 1.807) is 0 Å². The maximum atomic E-state index is 12.3. The van der Waals surface area contributed by atoms with Gasteiger partial charge in [-0.3, -0.25) is 9.59 Å². The van der Waals surface area contributed by atoms with Gasteiger partial charge in [0, 0.05) is 6.61 Å². The van der Waals surface area contributed by atoms with Gasteiger partial charge in [-0.1, -0.05) is 0 Å². The van der Waals surface area contributed by atoms with Crippen LogP contribution in [0.15, 0.2) is 0 Å². The summed E-state index contributed by atoms with van der Waals surface area (Å²) < 4.78 is 42.0. The van der Waals surface area contributed by atoms with Gasteiger partial charge in [-0.2, -0.15) is 13.2 Å². The zero-order valence-electron chi connectivity index (χ0n) is 9.79. The Kier molecular flexibility index (Phi) is 4.20. The second-order valence-corrected chi connectivity index (χ2v) is 4.35. The minimum Gasteiger partial charge on any atom is -0.480 e. The monoisotopic (exact) mass is 269 g/mol. The van der Waals surface area contributed by atoms with Crippen molar-refractivity contribution in [3.63, 3.8) is 0 Å². The van der Waals surface area contributed by atoms with E-state index in [9.17, 15) is 22.8 Å². The molecule has 5 nitrogen and oxygen atoms in total. The number of aliphatic carboxylic acids is 1. The van der Waals surface area contributed by atoms with Crippen LogP contribution in [0, 0.1) is 0 Å². The molecule has 0 bridgehead atoms. The van der Waals surface area contributed by atoms with Gasteiger partial charge in [0.1, 0.15) is 18.7 Å². The van der Waals surface area contributed by atoms with Crippen molar-refractivity contribution in [2.45, 2.75) is 31.5 Å². The van der Waals surface area contributed by atoms with E-state index in [0.717, 1.165) is 0 Å². The topological polar surface area (TPSA) is 66.8 Å². The molecule has 18 heavy (non-hydrogen) atoms. The van der Waals surface area contributed by atoms with Gasteiger partial charge in [0.05, 0.1) is 0 Å². The fourth-order valence-corrected chi connectivity index (χ4v) is 1.86. The quantitative estimate of drug-likeness (QED) is 0.827. The van der Waals surface area contributed by atoms with Crippen molar-refractivity contribution in [1.82, 2.24) is 4.90 Å². The average Bonchev–Trinajstić information content (AvgIpc) is 2.61. The number of carbonyl (C=O) groups is 2. The Morgan fingerprint density at radius 1 is 1.44 bits per heavy atom. The van der Waals surface area contributed by atoms with Crippen LogP contribution in [0.5, 0.6) is 0 Å². The minimum absolute atomic E-state index is 0.271. The number of carboxylic acid groups (broad SMARTS) is 1. The fraction of sp³-hybridized carbons (Fsp3) is 0.800. The van der Waals surface area contributed by atoms with Crippen molar-refractivity contribution in [3.05, 3.63) is 0 Å². The number of alkyl halides is 3. The number of carbonyl (C=O) groups excluding carboxylic acids is 1. The lowest BCUT2D eigenvalue weighted by Gasteiger charge is -2.30. The fourth-order valence-electron chi connectivity index (χ4n) is 1.86. The van der Waals surface area contributed by atoms with Crippen molar-refractivity contribution in [2.75, 3.05) is 19.7 Å². The summed E-state index contributed by atoms with van der Waals surface area (Å²) in [5, 5.41) is 8.55. The zero-order chi connectivity index (χ0) is 14.0. The number of carboxylic acids is 1. The first-order chi connectivity index (χ1) is 8.14. The van der Waals surface area contributed by atoms with Gasteiger partial charge in [-0.05, 0) is 19.8 Å². The van der Waals surface area contributed by atoms with Crippen LogP contribution in [0.1, 0.15) is 19.8 Å². The third-order valence-electron chi connectivity index (χ3n) is 2.65. The smallest absolute Gasteiger partial charge is 0.406 e.